The normalized spacial score (nSPS) is 12.6. The lowest BCUT2D eigenvalue weighted by atomic mass is 10.3. The number of rotatable bonds is 4. The predicted octanol–water partition coefficient (Wildman–Crippen LogP) is 2.60. The van der Waals surface area contributed by atoms with Crippen LogP contribution in [0.2, 0.25) is 0 Å². The van der Waals surface area contributed by atoms with Gasteiger partial charge < -0.3 is 0 Å². The molecule has 2 aromatic carbocycles. The van der Waals surface area contributed by atoms with Gasteiger partial charge in [-0.2, -0.15) is 27.1 Å². The van der Waals surface area contributed by atoms with Gasteiger partial charge in [0, 0.05) is 0 Å². The highest BCUT2D eigenvalue weighted by atomic mass is 32.2. The molecule has 8 nitrogen and oxygen atoms in total. The molecule has 2 N–H and O–H groups in total. The molecule has 0 fully saturated rings. The highest BCUT2D eigenvalue weighted by molar-refractivity contribution is 7.86. The molecule has 116 valence electrons. The quantitative estimate of drug-likeness (QED) is 0.648. The van der Waals surface area contributed by atoms with Gasteiger partial charge in [0.2, 0.25) is 0 Å². The molecule has 0 saturated carbocycles. The Bertz CT molecular complexity index is 918. The van der Waals surface area contributed by atoms with Crippen LogP contribution in [0.25, 0.3) is 0 Å². The Hall–Kier alpha value is -2.14. The zero-order valence-electron chi connectivity index (χ0n) is 10.9. The van der Waals surface area contributed by atoms with Crippen LogP contribution < -0.4 is 0 Å². The molecule has 0 radical (unpaired) electrons. The molecule has 0 aliphatic rings. The fraction of sp³-hybridized carbons (Fsp3) is 0. The summed E-state index contributed by atoms with van der Waals surface area (Å²) in [5.41, 5.74) is 0.485. The van der Waals surface area contributed by atoms with Crippen molar-refractivity contribution < 1.29 is 25.9 Å². The van der Waals surface area contributed by atoms with Gasteiger partial charge in [-0.1, -0.05) is 6.07 Å². The van der Waals surface area contributed by atoms with Crippen molar-refractivity contribution >= 4 is 31.6 Å². The summed E-state index contributed by atoms with van der Waals surface area (Å²) in [5.74, 6) is 0. The van der Waals surface area contributed by atoms with Crippen LogP contribution in [0.3, 0.4) is 0 Å². The molecule has 0 atom stereocenters. The fourth-order valence-electron chi connectivity index (χ4n) is 1.51. The second kappa shape index (κ2) is 5.93. The molecular formula is C12H10N2O6S2. The van der Waals surface area contributed by atoms with E-state index in [1.54, 1.807) is 0 Å². The Balaban J connectivity index is 2.26. The minimum absolute atomic E-state index is 0.189. The summed E-state index contributed by atoms with van der Waals surface area (Å²) in [7, 11) is -8.60. The number of hydrogen-bond acceptors (Lipinski definition) is 6. The maximum Gasteiger partial charge on any atom is 0.294 e. The van der Waals surface area contributed by atoms with Gasteiger partial charge in [-0.3, -0.25) is 9.11 Å². The van der Waals surface area contributed by atoms with Crippen molar-refractivity contribution in [3.05, 3.63) is 48.5 Å². The van der Waals surface area contributed by atoms with Crippen molar-refractivity contribution in [2.24, 2.45) is 10.2 Å². The van der Waals surface area contributed by atoms with E-state index in [2.05, 4.69) is 10.2 Å². The molecule has 22 heavy (non-hydrogen) atoms. The lowest BCUT2D eigenvalue weighted by Gasteiger charge is -1.98. The first-order chi connectivity index (χ1) is 10.2. The second-order valence-corrected chi connectivity index (χ2v) is 6.98. The van der Waals surface area contributed by atoms with Crippen LogP contribution in [-0.4, -0.2) is 25.9 Å². The van der Waals surface area contributed by atoms with E-state index in [9.17, 15) is 16.8 Å². The Morgan fingerprint density at radius 2 is 1.23 bits per heavy atom. The van der Waals surface area contributed by atoms with Crippen LogP contribution in [0.1, 0.15) is 0 Å². The topological polar surface area (TPSA) is 133 Å². The average molecular weight is 342 g/mol. The zero-order valence-corrected chi connectivity index (χ0v) is 12.5. The van der Waals surface area contributed by atoms with Crippen LogP contribution in [-0.2, 0) is 20.2 Å². The Labute approximate surface area is 126 Å². The monoisotopic (exact) mass is 342 g/mol. The largest absolute Gasteiger partial charge is 0.294 e. The first-order valence-corrected chi connectivity index (χ1v) is 8.61. The molecule has 0 unspecified atom stereocenters. The Morgan fingerprint density at radius 1 is 0.682 bits per heavy atom. The third kappa shape index (κ3) is 4.18. The SMILES string of the molecule is O=S(=O)(O)c1ccc(N=Nc2cccc(S(=O)(=O)O)c2)cc1. The van der Waals surface area contributed by atoms with E-state index < -0.39 is 20.2 Å². The van der Waals surface area contributed by atoms with Crippen molar-refractivity contribution in [2.75, 3.05) is 0 Å². The average Bonchev–Trinajstić information content (AvgIpc) is 2.44. The molecule has 0 spiro atoms. The number of benzene rings is 2. The Kier molecular flexibility index (Phi) is 4.37. The van der Waals surface area contributed by atoms with E-state index in [0.717, 1.165) is 18.2 Å². The van der Waals surface area contributed by atoms with Gasteiger partial charge in [0.15, 0.2) is 0 Å². The summed E-state index contributed by atoms with van der Waals surface area (Å²) >= 11 is 0. The van der Waals surface area contributed by atoms with E-state index in [1.807, 2.05) is 0 Å². The molecular weight excluding hydrogens is 332 g/mol. The van der Waals surface area contributed by atoms with Crippen molar-refractivity contribution in [3.63, 3.8) is 0 Å². The van der Waals surface area contributed by atoms with Crippen LogP contribution >= 0.6 is 0 Å². The highest BCUT2D eigenvalue weighted by Crippen LogP contribution is 2.22. The van der Waals surface area contributed by atoms with Crippen molar-refractivity contribution in [3.8, 4) is 0 Å². The van der Waals surface area contributed by atoms with Gasteiger partial charge >= 0.3 is 0 Å². The minimum atomic E-state index is -4.33. The summed E-state index contributed by atoms with van der Waals surface area (Å²) in [4.78, 5) is -0.592. The van der Waals surface area contributed by atoms with E-state index in [0.29, 0.717) is 5.69 Å². The van der Waals surface area contributed by atoms with E-state index in [-0.39, 0.29) is 15.5 Å². The molecule has 2 aromatic rings. The highest BCUT2D eigenvalue weighted by Gasteiger charge is 2.10. The van der Waals surface area contributed by atoms with Gasteiger partial charge in [0.05, 0.1) is 21.2 Å². The van der Waals surface area contributed by atoms with Gasteiger partial charge in [-0.25, -0.2) is 0 Å². The molecule has 0 saturated heterocycles. The molecule has 10 heteroatoms. The summed E-state index contributed by atoms with van der Waals surface area (Å²) < 4.78 is 61.5. The predicted molar refractivity (Wildman–Crippen MR) is 76.7 cm³/mol. The Morgan fingerprint density at radius 3 is 1.77 bits per heavy atom. The third-order valence-corrected chi connectivity index (χ3v) is 4.25. The van der Waals surface area contributed by atoms with E-state index in [1.165, 1.54) is 30.3 Å². The maximum atomic E-state index is 11.0. The number of hydrogen-bond donors (Lipinski definition) is 2. The van der Waals surface area contributed by atoms with Crippen molar-refractivity contribution in [2.45, 2.75) is 9.79 Å². The zero-order chi connectivity index (χ0) is 16.4. The smallest absolute Gasteiger partial charge is 0.282 e. The van der Waals surface area contributed by atoms with Gasteiger partial charge in [0.1, 0.15) is 0 Å². The summed E-state index contributed by atoms with van der Waals surface area (Å²) in [6.45, 7) is 0. The van der Waals surface area contributed by atoms with Crippen molar-refractivity contribution in [1.82, 2.24) is 0 Å². The van der Waals surface area contributed by atoms with Gasteiger partial charge in [-0.05, 0) is 42.5 Å². The lowest BCUT2D eigenvalue weighted by Crippen LogP contribution is -1.96. The first-order valence-electron chi connectivity index (χ1n) is 5.73. The third-order valence-electron chi connectivity index (χ3n) is 2.53. The standard InChI is InChI=1S/C12H10N2O6S2/c15-21(16,17)11-6-4-9(5-7-11)13-14-10-2-1-3-12(8-10)22(18,19)20/h1-8H,(H,15,16,17)(H,18,19,20). The van der Waals surface area contributed by atoms with Crippen molar-refractivity contribution in [1.29, 1.82) is 0 Å². The number of azo groups is 1. The molecule has 2 rings (SSSR count). The van der Waals surface area contributed by atoms with E-state index >= 15 is 0 Å². The fourth-order valence-corrected chi connectivity index (χ4v) is 2.51. The number of nitrogens with zero attached hydrogens (tertiary/aromatic N) is 2. The van der Waals surface area contributed by atoms with Gasteiger partial charge in [-0.15, -0.1) is 0 Å². The molecule has 0 amide bonds. The van der Waals surface area contributed by atoms with Gasteiger partial charge in [0.25, 0.3) is 20.2 Å². The minimum Gasteiger partial charge on any atom is -0.282 e. The second-order valence-electron chi connectivity index (χ2n) is 4.14. The molecule has 0 aliphatic heterocycles. The van der Waals surface area contributed by atoms with Crippen LogP contribution in [0.4, 0.5) is 11.4 Å². The molecule has 0 bridgehead atoms. The molecule has 0 aliphatic carbocycles. The molecule has 0 heterocycles. The van der Waals surface area contributed by atoms with E-state index in [4.69, 9.17) is 9.11 Å². The summed E-state index contributed by atoms with van der Waals surface area (Å²) in [5, 5.41) is 7.57. The van der Waals surface area contributed by atoms with Crippen LogP contribution in [0.15, 0.2) is 68.6 Å². The molecule has 0 aromatic heterocycles. The maximum absolute atomic E-state index is 11.0. The van der Waals surface area contributed by atoms with Crippen LogP contribution in [0.5, 0.6) is 0 Å². The first kappa shape index (κ1) is 16.2. The summed E-state index contributed by atoms with van der Waals surface area (Å²) in [6, 6.07) is 10.1. The van der Waals surface area contributed by atoms with Crippen LogP contribution in [0, 0.1) is 0 Å². The lowest BCUT2D eigenvalue weighted by molar-refractivity contribution is 0.481. The summed E-state index contributed by atoms with van der Waals surface area (Å²) in [6.07, 6.45) is 0.